The number of hydrogen-bond acceptors (Lipinski definition) is 4. The molecule has 2 rings (SSSR count). The maximum atomic E-state index is 12.2. The van der Waals surface area contributed by atoms with Gasteiger partial charge in [0.2, 0.25) is 5.91 Å². The molecular weight excluding hydrogens is 342 g/mol. The van der Waals surface area contributed by atoms with Crippen molar-refractivity contribution in [3.8, 4) is 0 Å². The Balaban J connectivity index is 1.85. The van der Waals surface area contributed by atoms with Crippen LogP contribution in [0.3, 0.4) is 0 Å². The number of hydrogen-bond donors (Lipinski definition) is 4. The summed E-state index contributed by atoms with van der Waals surface area (Å²) in [4.78, 5) is 28.2. The SMILES string of the molecule is CCCC(C)(N)C(=O)NCc1cccc(NC(=O)NCc2ccncc2)c1. The van der Waals surface area contributed by atoms with Gasteiger partial charge in [0.05, 0.1) is 5.54 Å². The van der Waals surface area contributed by atoms with Crippen molar-refractivity contribution in [3.63, 3.8) is 0 Å². The molecule has 1 heterocycles. The van der Waals surface area contributed by atoms with Crippen molar-refractivity contribution >= 4 is 17.6 Å². The maximum Gasteiger partial charge on any atom is 0.319 e. The quantitative estimate of drug-likeness (QED) is 0.573. The van der Waals surface area contributed by atoms with Crippen LogP contribution < -0.4 is 21.7 Å². The van der Waals surface area contributed by atoms with Gasteiger partial charge < -0.3 is 21.7 Å². The summed E-state index contributed by atoms with van der Waals surface area (Å²) in [7, 11) is 0. The number of carbonyl (C=O) groups is 2. The molecule has 3 amide bonds. The first-order valence-electron chi connectivity index (χ1n) is 9.00. The van der Waals surface area contributed by atoms with Crippen LogP contribution in [0.5, 0.6) is 0 Å². The van der Waals surface area contributed by atoms with Crippen LogP contribution in [0.1, 0.15) is 37.8 Å². The van der Waals surface area contributed by atoms with Gasteiger partial charge in [-0.1, -0.05) is 25.5 Å². The molecule has 1 aromatic carbocycles. The van der Waals surface area contributed by atoms with Crippen LogP contribution in [-0.2, 0) is 17.9 Å². The number of anilines is 1. The number of carbonyl (C=O) groups excluding carboxylic acids is 2. The lowest BCUT2D eigenvalue weighted by Crippen LogP contribution is -2.51. The Morgan fingerprint density at radius 3 is 2.48 bits per heavy atom. The second-order valence-corrected chi connectivity index (χ2v) is 6.71. The van der Waals surface area contributed by atoms with E-state index in [0.29, 0.717) is 25.2 Å². The van der Waals surface area contributed by atoms with Gasteiger partial charge in [-0.3, -0.25) is 9.78 Å². The minimum absolute atomic E-state index is 0.183. The molecule has 0 aliphatic carbocycles. The summed E-state index contributed by atoms with van der Waals surface area (Å²) in [5, 5.41) is 8.43. The topological polar surface area (TPSA) is 109 Å². The molecular formula is C20H27N5O2. The zero-order chi connectivity index (χ0) is 19.7. The molecule has 2 aromatic rings. The number of aromatic nitrogens is 1. The predicted octanol–water partition coefficient (Wildman–Crippen LogP) is 2.54. The van der Waals surface area contributed by atoms with Crippen LogP contribution in [0.15, 0.2) is 48.8 Å². The molecule has 0 spiro atoms. The van der Waals surface area contributed by atoms with E-state index in [1.165, 1.54) is 0 Å². The molecule has 1 unspecified atom stereocenters. The summed E-state index contributed by atoms with van der Waals surface area (Å²) in [6.07, 6.45) is 4.82. The normalized spacial score (nSPS) is 12.7. The lowest BCUT2D eigenvalue weighted by atomic mass is 9.96. The molecule has 144 valence electrons. The Hall–Kier alpha value is -2.93. The fourth-order valence-corrected chi connectivity index (χ4v) is 2.63. The summed E-state index contributed by atoms with van der Waals surface area (Å²) in [5.74, 6) is -0.183. The van der Waals surface area contributed by atoms with E-state index in [4.69, 9.17) is 5.73 Å². The van der Waals surface area contributed by atoms with E-state index in [2.05, 4.69) is 20.9 Å². The van der Waals surface area contributed by atoms with E-state index in [1.54, 1.807) is 25.4 Å². The molecule has 0 aliphatic rings. The summed E-state index contributed by atoms with van der Waals surface area (Å²) < 4.78 is 0. The number of amides is 3. The summed E-state index contributed by atoms with van der Waals surface area (Å²) in [6, 6.07) is 10.7. The van der Waals surface area contributed by atoms with E-state index in [0.717, 1.165) is 17.5 Å². The molecule has 7 nitrogen and oxygen atoms in total. The van der Waals surface area contributed by atoms with Crippen molar-refractivity contribution in [1.82, 2.24) is 15.6 Å². The van der Waals surface area contributed by atoms with Gasteiger partial charge in [-0.2, -0.15) is 0 Å². The number of rotatable bonds is 8. The molecule has 7 heteroatoms. The Morgan fingerprint density at radius 1 is 1.07 bits per heavy atom. The maximum absolute atomic E-state index is 12.2. The molecule has 0 saturated heterocycles. The second kappa shape index (κ2) is 9.68. The molecule has 0 bridgehead atoms. The lowest BCUT2D eigenvalue weighted by molar-refractivity contribution is -0.126. The monoisotopic (exact) mass is 369 g/mol. The van der Waals surface area contributed by atoms with E-state index < -0.39 is 5.54 Å². The van der Waals surface area contributed by atoms with Gasteiger partial charge in [0, 0.05) is 31.2 Å². The van der Waals surface area contributed by atoms with Gasteiger partial charge in [0.25, 0.3) is 0 Å². The van der Waals surface area contributed by atoms with E-state index in [1.807, 2.05) is 37.3 Å². The molecule has 27 heavy (non-hydrogen) atoms. The zero-order valence-corrected chi connectivity index (χ0v) is 15.8. The standard InChI is InChI=1S/C20H27N5O2/c1-3-9-20(2,21)18(26)23-14-16-5-4-6-17(12-16)25-19(27)24-13-15-7-10-22-11-8-15/h4-8,10-12H,3,9,13-14,21H2,1-2H3,(H,23,26)(H2,24,25,27). The van der Waals surface area contributed by atoms with Crippen molar-refractivity contribution < 1.29 is 9.59 Å². The highest BCUT2D eigenvalue weighted by molar-refractivity contribution is 5.89. The van der Waals surface area contributed by atoms with Crippen molar-refractivity contribution in [2.45, 2.75) is 45.3 Å². The van der Waals surface area contributed by atoms with Gasteiger partial charge in [-0.25, -0.2) is 4.79 Å². The first kappa shape index (κ1) is 20.4. The highest BCUT2D eigenvalue weighted by atomic mass is 16.2. The number of nitrogens with zero attached hydrogens (tertiary/aromatic N) is 1. The van der Waals surface area contributed by atoms with Crippen LogP contribution >= 0.6 is 0 Å². The third-order valence-electron chi connectivity index (χ3n) is 4.13. The Labute approximate surface area is 159 Å². The molecule has 5 N–H and O–H groups in total. The van der Waals surface area contributed by atoms with Crippen molar-refractivity contribution in [3.05, 3.63) is 59.9 Å². The highest BCUT2D eigenvalue weighted by Crippen LogP contribution is 2.12. The minimum atomic E-state index is -0.878. The Bertz CT molecular complexity index is 762. The van der Waals surface area contributed by atoms with Crippen LogP contribution in [0.2, 0.25) is 0 Å². The summed E-state index contributed by atoms with van der Waals surface area (Å²) in [6.45, 7) is 4.49. The van der Waals surface area contributed by atoms with Gasteiger partial charge in [0.15, 0.2) is 0 Å². The smallest absolute Gasteiger partial charge is 0.319 e. The average Bonchev–Trinajstić information content (AvgIpc) is 2.65. The van der Waals surface area contributed by atoms with Crippen LogP contribution in [0.4, 0.5) is 10.5 Å². The summed E-state index contributed by atoms with van der Waals surface area (Å²) in [5.41, 5.74) is 7.65. The molecule has 1 aromatic heterocycles. The predicted molar refractivity (Wildman–Crippen MR) is 106 cm³/mol. The fraction of sp³-hybridized carbons (Fsp3) is 0.350. The Kier molecular flexibility index (Phi) is 7.31. The number of nitrogens with one attached hydrogen (secondary N) is 3. The van der Waals surface area contributed by atoms with Crippen LogP contribution in [0, 0.1) is 0 Å². The van der Waals surface area contributed by atoms with Crippen molar-refractivity contribution in [2.75, 3.05) is 5.32 Å². The first-order chi connectivity index (χ1) is 12.9. The molecule has 0 aliphatic heterocycles. The van der Waals surface area contributed by atoms with Gasteiger partial charge in [-0.05, 0) is 48.7 Å². The van der Waals surface area contributed by atoms with E-state index in [9.17, 15) is 9.59 Å². The zero-order valence-electron chi connectivity index (χ0n) is 15.8. The van der Waals surface area contributed by atoms with Crippen molar-refractivity contribution in [1.29, 1.82) is 0 Å². The highest BCUT2D eigenvalue weighted by Gasteiger charge is 2.26. The lowest BCUT2D eigenvalue weighted by Gasteiger charge is -2.22. The first-order valence-corrected chi connectivity index (χ1v) is 9.00. The third kappa shape index (κ3) is 6.71. The van der Waals surface area contributed by atoms with Gasteiger partial charge in [0.1, 0.15) is 0 Å². The fourth-order valence-electron chi connectivity index (χ4n) is 2.63. The summed E-state index contributed by atoms with van der Waals surface area (Å²) >= 11 is 0. The second-order valence-electron chi connectivity index (χ2n) is 6.71. The number of nitrogens with two attached hydrogens (primary N) is 1. The van der Waals surface area contributed by atoms with Crippen LogP contribution in [0.25, 0.3) is 0 Å². The Morgan fingerprint density at radius 2 is 1.78 bits per heavy atom. The number of pyridine rings is 1. The van der Waals surface area contributed by atoms with Gasteiger partial charge >= 0.3 is 6.03 Å². The largest absolute Gasteiger partial charge is 0.350 e. The van der Waals surface area contributed by atoms with E-state index >= 15 is 0 Å². The van der Waals surface area contributed by atoms with Crippen molar-refractivity contribution in [2.24, 2.45) is 5.73 Å². The van der Waals surface area contributed by atoms with Gasteiger partial charge in [-0.15, -0.1) is 0 Å². The van der Waals surface area contributed by atoms with E-state index in [-0.39, 0.29) is 11.9 Å². The average molecular weight is 369 g/mol. The molecule has 0 radical (unpaired) electrons. The number of benzene rings is 1. The van der Waals surface area contributed by atoms with Crippen LogP contribution in [-0.4, -0.2) is 22.5 Å². The molecule has 0 saturated carbocycles. The molecule has 0 fully saturated rings. The third-order valence-corrected chi connectivity index (χ3v) is 4.13. The number of urea groups is 1. The molecule has 1 atom stereocenters. The minimum Gasteiger partial charge on any atom is -0.350 e.